The first-order valence-electron chi connectivity index (χ1n) is 11.1. The monoisotopic (exact) mass is 422 g/mol. The number of nitrogens with zero attached hydrogens (tertiary/aromatic N) is 3. The smallest absolute Gasteiger partial charge is 0.321 e. The largest absolute Gasteiger partial charge is 0.381 e. The lowest BCUT2D eigenvalue weighted by atomic mass is 9.93. The summed E-state index contributed by atoms with van der Waals surface area (Å²) in [4.78, 5) is 32.7. The fourth-order valence-corrected chi connectivity index (χ4v) is 4.23. The third kappa shape index (κ3) is 5.22. The number of aromatic nitrogens is 1. The van der Waals surface area contributed by atoms with Gasteiger partial charge < -0.3 is 19.9 Å². The number of anilines is 1. The van der Waals surface area contributed by atoms with Crippen LogP contribution in [0.1, 0.15) is 42.7 Å². The quantitative estimate of drug-likeness (QED) is 0.694. The molecule has 1 aromatic heterocycles. The van der Waals surface area contributed by atoms with E-state index in [0.29, 0.717) is 44.6 Å². The zero-order chi connectivity index (χ0) is 21.6. The van der Waals surface area contributed by atoms with E-state index >= 15 is 0 Å². The number of benzene rings is 1. The number of hydrogen-bond donors (Lipinski definition) is 1. The summed E-state index contributed by atoms with van der Waals surface area (Å²) in [5.74, 6) is 0.874. The molecule has 1 aromatic carbocycles. The van der Waals surface area contributed by atoms with E-state index in [4.69, 9.17) is 4.74 Å². The van der Waals surface area contributed by atoms with Crippen LogP contribution in [0.5, 0.6) is 0 Å². The molecule has 7 nitrogen and oxygen atoms in total. The van der Waals surface area contributed by atoms with Crippen LogP contribution in [-0.2, 0) is 9.53 Å². The van der Waals surface area contributed by atoms with E-state index in [0.717, 1.165) is 25.2 Å². The number of likely N-dealkylation sites (tertiary alicyclic amines) is 2. The number of carbonyl (C=O) groups is 2. The van der Waals surface area contributed by atoms with Crippen molar-refractivity contribution in [3.8, 4) is 0 Å². The molecule has 2 saturated heterocycles. The molecule has 0 saturated carbocycles. The van der Waals surface area contributed by atoms with Crippen LogP contribution in [0.3, 0.4) is 0 Å². The maximum absolute atomic E-state index is 12.5. The van der Waals surface area contributed by atoms with Gasteiger partial charge in [-0.1, -0.05) is 18.2 Å². The molecule has 0 radical (unpaired) electrons. The Bertz CT molecular complexity index is 881. The lowest BCUT2D eigenvalue weighted by Crippen LogP contribution is -2.50. The predicted octanol–water partition coefficient (Wildman–Crippen LogP) is 3.46. The lowest BCUT2D eigenvalue weighted by Gasteiger charge is -2.39. The Morgan fingerprint density at radius 3 is 2.55 bits per heavy atom. The van der Waals surface area contributed by atoms with Crippen molar-refractivity contribution in [2.24, 2.45) is 0 Å². The first kappa shape index (κ1) is 21.3. The molecule has 1 N–H and O–H groups in total. The fourth-order valence-electron chi connectivity index (χ4n) is 4.23. The van der Waals surface area contributed by atoms with Gasteiger partial charge in [0.25, 0.3) is 0 Å². The minimum atomic E-state index is -0.0696. The Morgan fingerprint density at radius 2 is 1.84 bits per heavy atom. The number of hydrogen-bond acceptors (Lipinski definition) is 4. The lowest BCUT2D eigenvalue weighted by molar-refractivity contribution is -0.131. The molecule has 7 heteroatoms. The van der Waals surface area contributed by atoms with E-state index in [-0.39, 0.29) is 11.9 Å². The molecule has 0 bridgehead atoms. The van der Waals surface area contributed by atoms with Crippen LogP contribution in [0.2, 0.25) is 0 Å². The maximum Gasteiger partial charge on any atom is 0.321 e. The number of nitrogens with one attached hydrogen (secondary N) is 1. The molecule has 31 heavy (non-hydrogen) atoms. The van der Waals surface area contributed by atoms with Gasteiger partial charge in [-0.05, 0) is 42.7 Å². The average Bonchev–Trinajstić information content (AvgIpc) is 3.24. The first-order chi connectivity index (χ1) is 15.1. The minimum Gasteiger partial charge on any atom is -0.381 e. The molecular weight excluding hydrogens is 392 g/mol. The van der Waals surface area contributed by atoms with Gasteiger partial charge in [-0.3, -0.25) is 9.78 Å². The molecule has 0 spiro atoms. The normalized spacial score (nSPS) is 18.7. The number of pyridine rings is 1. The topological polar surface area (TPSA) is 74.8 Å². The van der Waals surface area contributed by atoms with Gasteiger partial charge in [0.05, 0.1) is 13.0 Å². The molecule has 3 heterocycles. The molecule has 2 aliphatic heterocycles. The molecule has 1 atom stereocenters. The molecule has 3 amide bonds. The van der Waals surface area contributed by atoms with Crippen molar-refractivity contribution >= 4 is 17.6 Å². The van der Waals surface area contributed by atoms with Crippen molar-refractivity contribution in [2.45, 2.75) is 31.6 Å². The highest BCUT2D eigenvalue weighted by Crippen LogP contribution is 2.29. The summed E-state index contributed by atoms with van der Waals surface area (Å²) in [6.45, 7) is 6.04. The Balaban J connectivity index is 1.23. The first-order valence-corrected chi connectivity index (χ1v) is 11.1. The van der Waals surface area contributed by atoms with E-state index in [1.165, 1.54) is 11.1 Å². The van der Waals surface area contributed by atoms with Gasteiger partial charge >= 0.3 is 6.03 Å². The summed E-state index contributed by atoms with van der Waals surface area (Å²) in [7, 11) is 0. The second-order valence-electron chi connectivity index (χ2n) is 8.21. The summed E-state index contributed by atoms with van der Waals surface area (Å²) in [5, 5.41) is 2.98. The second-order valence-corrected chi connectivity index (χ2v) is 8.21. The third-order valence-corrected chi connectivity index (χ3v) is 6.16. The van der Waals surface area contributed by atoms with E-state index in [9.17, 15) is 9.59 Å². The van der Waals surface area contributed by atoms with Gasteiger partial charge in [0.15, 0.2) is 0 Å². The van der Waals surface area contributed by atoms with Gasteiger partial charge in [-0.15, -0.1) is 0 Å². The van der Waals surface area contributed by atoms with Gasteiger partial charge in [-0.25, -0.2) is 4.79 Å². The number of carbonyl (C=O) groups excluding carboxylic acids is 2. The van der Waals surface area contributed by atoms with Gasteiger partial charge in [0.1, 0.15) is 0 Å². The highest BCUT2D eigenvalue weighted by molar-refractivity contribution is 5.90. The molecule has 164 valence electrons. The zero-order valence-corrected chi connectivity index (χ0v) is 18.0. The number of ether oxygens (including phenoxy) is 1. The average molecular weight is 423 g/mol. The van der Waals surface area contributed by atoms with Crippen molar-refractivity contribution in [1.29, 1.82) is 0 Å². The predicted molar refractivity (Wildman–Crippen MR) is 119 cm³/mol. The third-order valence-electron chi connectivity index (χ3n) is 6.16. The molecule has 1 unspecified atom stereocenters. The summed E-state index contributed by atoms with van der Waals surface area (Å²) in [6.07, 6.45) is 5.05. The van der Waals surface area contributed by atoms with E-state index in [1.54, 1.807) is 6.20 Å². The standard InChI is InChI=1S/C24H30N4O3/c1-2-31-13-10-23(29)27-12-9-20(15-27)18-5-7-22(8-6-18)26-24(30)28-16-21(17-28)19-4-3-11-25-14-19/h3-8,11,14,20-21H,2,9-10,12-13,15-17H2,1H3,(H,26,30). The SMILES string of the molecule is CCOCCC(=O)N1CCC(c2ccc(NC(=O)N3CC(c4cccnc4)C3)cc2)C1. The van der Waals surface area contributed by atoms with Crippen molar-refractivity contribution < 1.29 is 14.3 Å². The Labute approximate surface area is 183 Å². The molecule has 2 aromatic rings. The summed E-state index contributed by atoms with van der Waals surface area (Å²) in [5.41, 5.74) is 3.18. The van der Waals surface area contributed by atoms with E-state index in [1.807, 2.05) is 41.1 Å². The van der Waals surface area contributed by atoms with Crippen LogP contribution in [0.25, 0.3) is 0 Å². The zero-order valence-electron chi connectivity index (χ0n) is 18.0. The molecule has 4 rings (SSSR count). The van der Waals surface area contributed by atoms with E-state index < -0.39 is 0 Å². The van der Waals surface area contributed by atoms with Crippen LogP contribution < -0.4 is 5.32 Å². The highest BCUT2D eigenvalue weighted by Gasteiger charge is 2.32. The Kier molecular flexibility index (Phi) is 6.82. The van der Waals surface area contributed by atoms with Crippen LogP contribution in [0.4, 0.5) is 10.5 Å². The van der Waals surface area contributed by atoms with Crippen molar-refractivity contribution in [3.63, 3.8) is 0 Å². The van der Waals surface area contributed by atoms with E-state index in [2.05, 4.69) is 28.5 Å². The molecule has 0 aliphatic carbocycles. The van der Waals surface area contributed by atoms with Gasteiger partial charge in [0, 0.05) is 62.7 Å². The summed E-state index contributed by atoms with van der Waals surface area (Å²) in [6, 6.07) is 11.9. The Hall–Kier alpha value is -2.93. The minimum absolute atomic E-state index is 0.0696. The van der Waals surface area contributed by atoms with Crippen molar-refractivity contribution in [2.75, 3.05) is 44.7 Å². The van der Waals surface area contributed by atoms with Gasteiger partial charge in [0.2, 0.25) is 5.91 Å². The van der Waals surface area contributed by atoms with Crippen LogP contribution in [-0.4, -0.2) is 66.1 Å². The summed E-state index contributed by atoms with van der Waals surface area (Å²) < 4.78 is 5.29. The van der Waals surface area contributed by atoms with Crippen molar-refractivity contribution in [1.82, 2.24) is 14.8 Å². The van der Waals surface area contributed by atoms with Crippen LogP contribution in [0, 0.1) is 0 Å². The number of urea groups is 1. The second kappa shape index (κ2) is 9.92. The van der Waals surface area contributed by atoms with Crippen LogP contribution in [0.15, 0.2) is 48.8 Å². The molecule has 2 aliphatic rings. The van der Waals surface area contributed by atoms with Crippen molar-refractivity contribution in [3.05, 3.63) is 59.9 Å². The maximum atomic E-state index is 12.5. The number of rotatable bonds is 7. The van der Waals surface area contributed by atoms with Gasteiger partial charge in [-0.2, -0.15) is 0 Å². The molecular formula is C24H30N4O3. The highest BCUT2D eigenvalue weighted by atomic mass is 16.5. The Morgan fingerprint density at radius 1 is 1.06 bits per heavy atom. The fraction of sp³-hybridized carbons (Fsp3) is 0.458. The number of amides is 3. The summed E-state index contributed by atoms with van der Waals surface area (Å²) >= 11 is 0. The molecule has 2 fully saturated rings. The van der Waals surface area contributed by atoms with Crippen LogP contribution >= 0.6 is 0 Å².